The molecular formula is C14H11FN2O4. The summed E-state index contributed by atoms with van der Waals surface area (Å²) in [7, 11) is 0. The number of halogens is 1. The summed E-state index contributed by atoms with van der Waals surface area (Å²) in [5, 5.41) is 22.8. The predicted molar refractivity (Wildman–Crippen MR) is 73.8 cm³/mol. The summed E-state index contributed by atoms with van der Waals surface area (Å²) < 4.78 is 12.8. The van der Waals surface area contributed by atoms with Crippen LogP contribution in [0.15, 0.2) is 42.5 Å². The van der Waals surface area contributed by atoms with E-state index in [0.717, 1.165) is 0 Å². The number of carboxylic acids is 1. The number of benzene rings is 2. The first kappa shape index (κ1) is 14.4. The molecule has 0 aliphatic carbocycles. The number of nitro benzene ring substituents is 1. The molecular weight excluding hydrogens is 279 g/mol. The van der Waals surface area contributed by atoms with Crippen molar-refractivity contribution in [2.45, 2.75) is 6.54 Å². The standard InChI is InChI=1S/C14H11FN2O4/c15-10-6-4-9(5-7-10)8-16-12-3-1-2-11(14(18)19)13(12)17(20)21/h1-7,16H,8H2,(H,18,19). The van der Waals surface area contributed by atoms with Crippen molar-refractivity contribution >= 4 is 17.3 Å². The molecule has 6 nitrogen and oxygen atoms in total. The number of carbonyl (C=O) groups is 1. The van der Waals surface area contributed by atoms with Gasteiger partial charge in [-0.05, 0) is 29.8 Å². The van der Waals surface area contributed by atoms with Gasteiger partial charge in [0.2, 0.25) is 0 Å². The third-order valence-corrected chi connectivity index (χ3v) is 2.85. The smallest absolute Gasteiger partial charge is 0.342 e. The molecule has 0 amide bonds. The van der Waals surface area contributed by atoms with Gasteiger partial charge in [-0.3, -0.25) is 10.1 Å². The molecule has 2 rings (SSSR count). The van der Waals surface area contributed by atoms with Crippen LogP contribution in [0.1, 0.15) is 15.9 Å². The van der Waals surface area contributed by atoms with Crippen molar-refractivity contribution in [1.29, 1.82) is 0 Å². The monoisotopic (exact) mass is 290 g/mol. The second-order valence-corrected chi connectivity index (χ2v) is 4.24. The number of rotatable bonds is 5. The molecule has 2 aromatic rings. The van der Waals surface area contributed by atoms with Crippen LogP contribution in [0.4, 0.5) is 15.8 Å². The highest BCUT2D eigenvalue weighted by Gasteiger charge is 2.23. The number of para-hydroxylation sites is 1. The van der Waals surface area contributed by atoms with Gasteiger partial charge in [-0.2, -0.15) is 0 Å². The minimum Gasteiger partial charge on any atom is -0.477 e. The molecule has 0 radical (unpaired) electrons. The fourth-order valence-corrected chi connectivity index (χ4v) is 1.85. The number of hydrogen-bond acceptors (Lipinski definition) is 4. The SMILES string of the molecule is O=C(O)c1cccc(NCc2ccc(F)cc2)c1[N+](=O)[O-]. The Morgan fingerprint density at radius 3 is 2.48 bits per heavy atom. The van der Waals surface area contributed by atoms with Gasteiger partial charge in [-0.15, -0.1) is 0 Å². The quantitative estimate of drug-likeness (QED) is 0.652. The molecule has 108 valence electrons. The van der Waals surface area contributed by atoms with Crippen LogP contribution >= 0.6 is 0 Å². The van der Waals surface area contributed by atoms with Crippen molar-refractivity contribution in [3.63, 3.8) is 0 Å². The van der Waals surface area contributed by atoms with Crippen LogP contribution in [0.2, 0.25) is 0 Å². The molecule has 0 heterocycles. The number of nitro groups is 1. The van der Waals surface area contributed by atoms with E-state index in [2.05, 4.69) is 5.32 Å². The minimum absolute atomic E-state index is 0.101. The Balaban J connectivity index is 2.27. The summed E-state index contributed by atoms with van der Waals surface area (Å²) in [5.41, 5.74) is -0.0631. The number of nitrogens with one attached hydrogen (secondary N) is 1. The number of carboxylic acid groups (broad SMARTS) is 1. The van der Waals surface area contributed by atoms with Crippen molar-refractivity contribution < 1.29 is 19.2 Å². The fraction of sp³-hybridized carbons (Fsp3) is 0.0714. The Labute approximate surface area is 119 Å². The molecule has 0 aliphatic rings. The van der Waals surface area contributed by atoms with E-state index < -0.39 is 16.6 Å². The third-order valence-electron chi connectivity index (χ3n) is 2.85. The molecule has 2 aromatic carbocycles. The Bertz CT molecular complexity index is 686. The lowest BCUT2D eigenvalue weighted by atomic mass is 10.1. The first-order valence-corrected chi connectivity index (χ1v) is 5.98. The van der Waals surface area contributed by atoms with Crippen molar-refractivity contribution in [3.05, 3.63) is 69.5 Å². The summed E-state index contributed by atoms with van der Waals surface area (Å²) in [6.07, 6.45) is 0. The molecule has 0 fully saturated rings. The summed E-state index contributed by atoms with van der Waals surface area (Å²) in [6.45, 7) is 0.212. The molecule has 0 atom stereocenters. The van der Waals surface area contributed by atoms with Gasteiger partial charge >= 0.3 is 11.7 Å². The molecule has 0 saturated heterocycles. The normalized spacial score (nSPS) is 10.1. The molecule has 2 N–H and O–H groups in total. The van der Waals surface area contributed by atoms with Gasteiger partial charge in [0.15, 0.2) is 0 Å². The van der Waals surface area contributed by atoms with Gasteiger partial charge in [0, 0.05) is 6.54 Å². The lowest BCUT2D eigenvalue weighted by Crippen LogP contribution is -2.07. The first-order chi connectivity index (χ1) is 9.99. The van der Waals surface area contributed by atoms with E-state index in [4.69, 9.17) is 5.11 Å². The molecule has 0 bridgehead atoms. The number of nitrogens with zero attached hydrogens (tertiary/aromatic N) is 1. The number of aromatic carboxylic acids is 1. The summed E-state index contributed by atoms with van der Waals surface area (Å²) >= 11 is 0. The Morgan fingerprint density at radius 1 is 1.24 bits per heavy atom. The van der Waals surface area contributed by atoms with E-state index in [0.29, 0.717) is 5.56 Å². The molecule has 0 aliphatic heterocycles. The maximum Gasteiger partial charge on any atom is 0.342 e. The number of hydrogen-bond donors (Lipinski definition) is 2. The van der Waals surface area contributed by atoms with Gasteiger partial charge in [0.25, 0.3) is 0 Å². The minimum atomic E-state index is -1.37. The average Bonchev–Trinajstić information content (AvgIpc) is 2.46. The second kappa shape index (κ2) is 6.00. The van der Waals surface area contributed by atoms with Crippen molar-refractivity contribution in [2.24, 2.45) is 0 Å². The lowest BCUT2D eigenvalue weighted by molar-refractivity contribution is -0.384. The van der Waals surface area contributed by atoms with E-state index in [-0.39, 0.29) is 23.6 Å². The van der Waals surface area contributed by atoms with Gasteiger partial charge in [0.05, 0.1) is 4.92 Å². The lowest BCUT2D eigenvalue weighted by Gasteiger charge is -2.08. The highest BCUT2D eigenvalue weighted by atomic mass is 19.1. The predicted octanol–water partition coefficient (Wildman–Crippen LogP) is 3.04. The molecule has 0 spiro atoms. The molecule has 21 heavy (non-hydrogen) atoms. The fourth-order valence-electron chi connectivity index (χ4n) is 1.85. The Morgan fingerprint density at radius 2 is 1.90 bits per heavy atom. The van der Waals surface area contributed by atoms with E-state index in [1.54, 1.807) is 0 Å². The van der Waals surface area contributed by atoms with Gasteiger partial charge in [-0.25, -0.2) is 9.18 Å². The van der Waals surface area contributed by atoms with E-state index >= 15 is 0 Å². The topological polar surface area (TPSA) is 92.5 Å². The maximum absolute atomic E-state index is 12.8. The van der Waals surface area contributed by atoms with E-state index in [1.807, 2.05) is 0 Å². The molecule has 7 heteroatoms. The van der Waals surface area contributed by atoms with Crippen molar-refractivity contribution in [2.75, 3.05) is 5.32 Å². The van der Waals surface area contributed by atoms with Crippen molar-refractivity contribution in [1.82, 2.24) is 0 Å². The van der Waals surface area contributed by atoms with Gasteiger partial charge < -0.3 is 10.4 Å². The third kappa shape index (κ3) is 3.33. The Kier molecular flexibility index (Phi) is 4.13. The number of anilines is 1. The maximum atomic E-state index is 12.8. The highest BCUT2D eigenvalue weighted by molar-refractivity contribution is 5.95. The van der Waals surface area contributed by atoms with Crippen LogP contribution in [-0.4, -0.2) is 16.0 Å². The molecule has 0 unspecified atom stereocenters. The summed E-state index contributed by atoms with van der Waals surface area (Å²) in [4.78, 5) is 21.3. The van der Waals surface area contributed by atoms with Crippen LogP contribution in [0.3, 0.4) is 0 Å². The van der Waals surface area contributed by atoms with E-state index in [9.17, 15) is 19.3 Å². The van der Waals surface area contributed by atoms with Crippen LogP contribution in [0, 0.1) is 15.9 Å². The summed E-state index contributed by atoms with van der Waals surface area (Å²) in [6, 6.07) is 9.64. The largest absolute Gasteiger partial charge is 0.477 e. The van der Waals surface area contributed by atoms with Crippen LogP contribution in [0.5, 0.6) is 0 Å². The highest BCUT2D eigenvalue weighted by Crippen LogP contribution is 2.29. The summed E-state index contributed by atoms with van der Waals surface area (Å²) in [5.74, 6) is -1.75. The zero-order valence-corrected chi connectivity index (χ0v) is 10.7. The second-order valence-electron chi connectivity index (χ2n) is 4.24. The van der Waals surface area contributed by atoms with Gasteiger partial charge in [0.1, 0.15) is 17.1 Å². The van der Waals surface area contributed by atoms with Crippen LogP contribution in [-0.2, 0) is 6.54 Å². The first-order valence-electron chi connectivity index (χ1n) is 5.98. The Hall–Kier alpha value is -2.96. The molecule has 0 saturated carbocycles. The van der Waals surface area contributed by atoms with Crippen LogP contribution < -0.4 is 5.32 Å². The van der Waals surface area contributed by atoms with Gasteiger partial charge in [-0.1, -0.05) is 18.2 Å². The zero-order valence-electron chi connectivity index (χ0n) is 10.7. The van der Waals surface area contributed by atoms with E-state index in [1.165, 1.54) is 42.5 Å². The van der Waals surface area contributed by atoms with Crippen molar-refractivity contribution in [3.8, 4) is 0 Å². The van der Waals surface area contributed by atoms with Crippen LogP contribution in [0.25, 0.3) is 0 Å². The molecule has 0 aromatic heterocycles. The zero-order chi connectivity index (χ0) is 15.4. The average molecular weight is 290 g/mol.